The maximum Gasteiger partial charge on any atom is 0.248 e. The molecule has 0 saturated heterocycles. The molecule has 126 valence electrons. The number of ether oxygens (including phenoxy) is 4. The highest BCUT2D eigenvalue weighted by molar-refractivity contribution is 6.13. The molecule has 0 aliphatic rings. The third-order valence-electron chi connectivity index (χ3n) is 4.12. The number of H-pyrrole nitrogens is 1. The Balaban J connectivity index is 2.69. The Kier molecular flexibility index (Phi) is 3.97. The number of rotatable bonds is 4. The second kappa shape index (κ2) is 5.96. The number of benzene rings is 2. The van der Waals surface area contributed by atoms with Gasteiger partial charge in [0.15, 0.2) is 17.2 Å². The van der Waals surface area contributed by atoms with E-state index < -0.39 is 0 Å². The summed E-state index contributed by atoms with van der Waals surface area (Å²) in [6, 6.07) is 5.24. The van der Waals surface area contributed by atoms with Crippen molar-refractivity contribution in [3.8, 4) is 23.0 Å². The average Bonchev–Trinajstić information content (AvgIpc) is 2.58. The van der Waals surface area contributed by atoms with Gasteiger partial charge in [-0.05, 0) is 24.6 Å². The van der Waals surface area contributed by atoms with Crippen molar-refractivity contribution >= 4 is 21.7 Å². The summed E-state index contributed by atoms with van der Waals surface area (Å²) in [5.41, 5.74) is 1.17. The summed E-state index contributed by atoms with van der Waals surface area (Å²) in [5.74, 6) is 2.25. The summed E-state index contributed by atoms with van der Waals surface area (Å²) in [6.45, 7) is 1.87. The quantitative estimate of drug-likeness (QED) is 0.745. The number of pyridine rings is 1. The Bertz CT molecular complexity index is 991. The Morgan fingerprint density at radius 1 is 0.833 bits per heavy atom. The number of aromatic amines is 1. The molecule has 6 heteroatoms. The lowest BCUT2D eigenvalue weighted by atomic mass is 10.00. The van der Waals surface area contributed by atoms with Crippen LogP contribution in [0.3, 0.4) is 0 Å². The Morgan fingerprint density at radius 3 is 2.08 bits per heavy atom. The van der Waals surface area contributed by atoms with E-state index in [1.54, 1.807) is 28.4 Å². The number of hydrogen-bond donors (Lipinski definition) is 1. The van der Waals surface area contributed by atoms with Crippen LogP contribution in [0.1, 0.15) is 5.56 Å². The van der Waals surface area contributed by atoms with Crippen molar-refractivity contribution in [2.75, 3.05) is 28.4 Å². The van der Waals surface area contributed by atoms with Crippen molar-refractivity contribution in [1.82, 2.24) is 4.98 Å². The molecule has 3 aromatic rings. The summed E-state index contributed by atoms with van der Waals surface area (Å²) in [5, 5.41) is 2.30. The average molecular weight is 329 g/mol. The second-order valence-electron chi connectivity index (χ2n) is 5.36. The molecule has 0 radical (unpaired) electrons. The van der Waals surface area contributed by atoms with Crippen LogP contribution in [0.4, 0.5) is 0 Å². The molecule has 6 nitrogen and oxygen atoms in total. The van der Waals surface area contributed by atoms with Gasteiger partial charge in [0.05, 0.1) is 39.3 Å². The highest BCUT2D eigenvalue weighted by Crippen LogP contribution is 2.49. The second-order valence-corrected chi connectivity index (χ2v) is 5.36. The lowest BCUT2D eigenvalue weighted by molar-refractivity contribution is 0.356. The smallest absolute Gasteiger partial charge is 0.248 e. The van der Waals surface area contributed by atoms with E-state index in [-0.39, 0.29) is 5.56 Å². The van der Waals surface area contributed by atoms with E-state index in [1.807, 2.05) is 19.1 Å². The number of nitrogens with one attached hydrogen (secondary N) is 1. The highest BCUT2D eigenvalue weighted by Gasteiger charge is 2.22. The van der Waals surface area contributed by atoms with E-state index in [9.17, 15) is 4.79 Å². The van der Waals surface area contributed by atoms with Crippen LogP contribution in [0.15, 0.2) is 23.0 Å². The van der Waals surface area contributed by atoms with Crippen molar-refractivity contribution in [1.29, 1.82) is 0 Å². The molecule has 2 aromatic carbocycles. The standard InChI is InChI=1S/C18H19NO5/c1-9-8-12(20)19-15-13(9)16(22-3)10-6-7-11(21-2)17(23-4)14(10)18(15)24-5/h6-8H,1-5H3,(H,19,20). The van der Waals surface area contributed by atoms with E-state index in [1.165, 1.54) is 6.07 Å². The maximum atomic E-state index is 12.0. The van der Waals surface area contributed by atoms with Gasteiger partial charge in [0.25, 0.3) is 0 Å². The zero-order valence-corrected chi connectivity index (χ0v) is 14.3. The molecule has 1 N–H and O–H groups in total. The lowest BCUT2D eigenvalue weighted by Crippen LogP contribution is -2.07. The third kappa shape index (κ3) is 2.14. The van der Waals surface area contributed by atoms with Crippen molar-refractivity contribution in [2.24, 2.45) is 0 Å². The molecule has 0 aliphatic carbocycles. The zero-order valence-electron chi connectivity index (χ0n) is 14.3. The number of methoxy groups -OCH3 is 4. The number of aryl methyl sites for hydroxylation is 1. The summed E-state index contributed by atoms with van der Waals surface area (Å²) in [4.78, 5) is 14.8. The fourth-order valence-corrected chi connectivity index (χ4v) is 3.17. The van der Waals surface area contributed by atoms with Crippen molar-refractivity contribution in [3.05, 3.63) is 34.1 Å². The Morgan fingerprint density at radius 2 is 1.50 bits per heavy atom. The molecule has 1 aromatic heterocycles. The van der Waals surface area contributed by atoms with Gasteiger partial charge in [0.1, 0.15) is 5.75 Å². The maximum absolute atomic E-state index is 12.0. The van der Waals surface area contributed by atoms with Gasteiger partial charge in [-0.1, -0.05) is 0 Å². The highest BCUT2D eigenvalue weighted by atomic mass is 16.5. The number of aromatic nitrogens is 1. The largest absolute Gasteiger partial charge is 0.495 e. The summed E-state index contributed by atoms with van der Waals surface area (Å²) < 4.78 is 22.2. The SMILES string of the molecule is COc1ccc2c(OC)c3c(C)cc(=O)[nH]c3c(OC)c2c1OC. The first kappa shape index (κ1) is 16.0. The molecule has 0 fully saturated rings. The molecular weight excluding hydrogens is 310 g/mol. The fraction of sp³-hybridized carbons (Fsp3) is 0.278. The van der Waals surface area contributed by atoms with Crippen molar-refractivity contribution < 1.29 is 18.9 Å². The number of hydrogen-bond acceptors (Lipinski definition) is 5. The van der Waals surface area contributed by atoms with Gasteiger partial charge in [-0.2, -0.15) is 0 Å². The monoisotopic (exact) mass is 329 g/mol. The topological polar surface area (TPSA) is 69.8 Å². The van der Waals surface area contributed by atoms with Crippen LogP contribution in [0, 0.1) is 6.92 Å². The molecule has 0 aliphatic heterocycles. The Labute approximate surface area is 138 Å². The molecule has 0 atom stereocenters. The van der Waals surface area contributed by atoms with Gasteiger partial charge in [0, 0.05) is 16.8 Å². The summed E-state index contributed by atoms with van der Waals surface area (Å²) in [7, 11) is 6.29. The van der Waals surface area contributed by atoms with Crippen LogP contribution >= 0.6 is 0 Å². The fourth-order valence-electron chi connectivity index (χ4n) is 3.17. The molecule has 1 heterocycles. The molecule has 0 unspecified atom stereocenters. The zero-order chi connectivity index (χ0) is 17.4. The van der Waals surface area contributed by atoms with Crippen LogP contribution in [0.5, 0.6) is 23.0 Å². The molecule has 24 heavy (non-hydrogen) atoms. The third-order valence-corrected chi connectivity index (χ3v) is 4.12. The minimum absolute atomic E-state index is 0.207. The molecule has 0 saturated carbocycles. The molecule has 0 amide bonds. The van der Waals surface area contributed by atoms with E-state index in [0.717, 1.165) is 16.3 Å². The van der Waals surface area contributed by atoms with Gasteiger partial charge < -0.3 is 23.9 Å². The first-order valence-corrected chi connectivity index (χ1v) is 7.39. The van der Waals surface area contributed by atoms with E-state index in [0.29, 0.717) is 33.9 Å². The van der Waals surface area contributed by atoms with Crippen LogP contribution in [0.25, 0.3) is 21.7 Å². The van der Waals surface area contributed by atoms with Crippen LogP contribution in [-0.2, 0) is 0 Å². The van der Waals surface area contributed by atoms with Crippen LogP contribution in [-0.4, -0.2) is 33.4 Å². The van der Waals surface area contributed by atoms with Crippen molar-refractivity contribution in [3.63, 3.8) is 0 Å². The van der Waals surface area contributed by atoms with Gasteiger partial charge in [0.2, 0.25) is 5.56 Å². The van der Waals surface area contributed by atoms with Gasteiger partial charge in [-0.15, -0.1) is 0 Å². The predicted molar refractivity (Wildman–Crippen MR) is 93.0 cm³/mol. The molecular formula is C18H19NO5. The summed E-state index contributed by atoms with van der Waals surface area (Å²) >= 11 is 0. The van der Waals surface area contributed by atoms with Crippen molar-refractivity contribution in [2.45, 2.75) is 6.92 Å². The van der Waals surface area contributed by atoms with Crippen LogP contribution < -0.4 is 24.5 Å². The van der Waals surface area contributed by atoms with Gasteiger partial charge in [-0.3, -0.25) is 4.79 Å². The molecule has 0 spiro atoms. The van der Waals surface area contributed by atoms with Gasteiger partial charge in [-0.25, -0.2) is 0 Å². The first-order chi connectivity index (χ1) is 11.6. The Hall–Kier alpha value is -2.89. The van der Waals surface area contributed by atoms with E-state index in [4.69, 9.17) is 18.9 Å². The molecule has 3 rings (SSSR count). The minimum atomic E-state index is -0.207. The lowest BCUT2D eigenvalue weighted by Gasteiger charge is -2.19. The van der Waals surface area contributed by atoms with E-state index in [2.05, 4.69) is 4.98 Å². The van der Waals surface area contributed by atoms with E-state index >= 15 is 0 Å². The molecule has 0 bridgehead atoms. The summed E-state index contributed by atoms with van der Waals surface area (Å²) in [6.07, 6.45) is 0. The van der Waals surface area contributed by atoms with Crippen LogP contribution in [0.2, 0.25) is 0 Å². The normalized spacial score (nSPS) is 10.9. The van der Waals surface area contributed by atoms with Gasteiger partial charge >= 0.3 is 0 Å². The number of fused-ring (bicyclic) bond motifs is 2. The predicted octanol–water partition coefficient (Wildman–Crippen LogP) is 3.02. The minimum Gasteiger partial charge on any atom is -0.495 e. The first-order valence-electron chi connectivity index (χ1n) is 7.39.